The third kappa shape index (κ3) is 4.90. The van der Waals surface area contributed by atoms with Crippen LogP contribution in [0.15, 0.2) is 75.0 Å². The lowest BCUT2D eigenvalue weighted by Gasteiger charge is -2.05. The standard InChI is InChI=1S/C23H17ClN2O4S/c1-2-29-22(28)17-12-14(8-10-18(17)24)19-11-9-16(30-19)13-20-21(27)26-23(31-20)25-15-6-4-3-5-7-15/h3-13H,2H2,1H3,(H,25,26,27)/b20-13-. The summed E-state index contributed by atoms with van der Waals surface area (Å²) in [5.41, 5.74) is 1.70. The van der Waals surface area contributed by atoms with Gasteiger partial charge in [0.15, 0.2) is 5.17 Å². The molecular formula is C23H17ClN2O4S. The van der Waals surface area contributed by atoms with E-state index in [1.807, 2.05) is 30.3 Å². The van der Waals surface area contributed by atoms with Crippen molar-refractivity contribution in [2.75, 3.05) is 6.61 Å². The number of amides is 1. The molecule has 1 aliphatic heterocycles. The Balaban J connectivity index is 1.55. The SMILES string of the molecule is CCOC(=O)c1cc(-c2ccc(/C=C3\SC(=Nc4ccccc4)NC3=O)o2)ccc1Cl. The van der Waals surface area contributed by atoms with Crippen LogP contribution < -0.4 is 5.32 Å². The van der Waals surface area contributed by atoms with Crippen LogP contribution in [0.25, 0.3) is 17.4 Å². The lowest BCUT2D eigenvalue weighted by Crippen LogP contribution is -2.19. The second-order valence-electron chi connectivity index (χ2n) is 6.43. The molecule has 1 N–H and O–H groups in total. The van der Waals surface area contributed by atoms with Crippen molar-refractivity contribution in [1.82, 2.24) is 5.32 Å². The number of carbonyl (C=O) groups excluding carboxylic acids is 2. The molecule has 31 heavy (non-hydrogen) atoms. The Kier molecular flexibility index (Phi) is 6.25. The van der Waals surface area contributed by atoms with Crippen LogP contribution in [-0.4, -0.2) is 23.7 Å². The van der Waals surface area contributed by atoms with E-state index < -0.39 is 5.97 Å². The summed E-state index contributed by atoms with van der Waals surface area (Å²) in [6.45, 7) is 1.99. The number of para-hydroxylation sites is 1. The Morgan fingerprint density at radius 2 is 2.00 bits per heavy atom. The summed E-state index contributed by atoms with van der Waals surface area (Å²) in [4.78, 5) is 29.3. The molecule has 0 aliphatic carbocycles. The highest BCUT2D eigenvalue weighted by Gasteiger charge is 2.24. The van der Waals surface area contributed by atoms with Crippen molar-refractivity contribution in [2.45, 2.75) is 6.92 Å². The molecule has 0 spiro atoms. The average molecular weight is 453 g/mol. The lowest BCUT2D eigenvalue weighted by molar-refractivity contribution is -0.115. The summed E-state index contributed by atoms with van der Waals surface area (Å²) in [7, 11) is 0. The van der Waals surface area contributed by atoms with Crippen molar-refractivity contribution in [3.05, 3.63) is 81.9 Å². The topological polar surface area (TPSA) is 80.9 Å². The third-order valence-electron chi connectivity index (χ3n) is 4.28. The van der Waals surface area contributed by atoms with Crippen molar-refractivity contribution in [2.24, 2.45) is 4.99 Å². The number of esters is 1. The predicted octanol–water partition coefficient (Wildman–Crippen LogP) is 5.67. The molecule has 0 bridgehead atoms. The first-order chi connectivity index (χ1) is 15.0. The minimum absolute atomic E-state index is 0.242. The molecule has 156 valence electrons. The largest absolute Gasteiger partial charge is 0.462 e. The van der Waals surface area contributed by atoms with E-state index in [-0.39, 0.29) is 18.1 Å². The van der Waals surface area contributed by atoms with Crippen LogP contribution in [0.1, 0.15) is 23.0 Å². The summed E-state index contributed by atoms with van der Waals surface area (Å²) in [6.07, 6.45) is 1.65. The number of halogens is 1. The molecule has 2 heterocycles. The van der Waals surface area contributed by atoms with Crippen molar-refractivity contribution in [1.29, 1.82) is 0 Å². The molecule has 1 fully saturated rings. The molecule has 1 aliphatic rings. The fraction of sp³-hybridized carbons (Fsp3) is 0.0870. The highest BCUT2D eigenvalue weighted by atomic mass is 35.5. The summed E-state index contributed by atoms with van der Waals surface area (Å²) >= 11 is 7.36. The Morgan fingerprint density at radius 1 is 1.19 bits per heavy atom. The number of amidine groups is 1. The van der Waals surface area contributed by atoms with Gasteiger partial charge in [0.1, 0.15) is 11.5 Å². The Bertz CT molecular complexity index is 1200. The summed E-state index contributed by atoms with van der Waals surface area (Å²) in [5.74, 6) is 0.304. The molecule has 0 saturated carbocycles. The number of thioether (sulfide) groups is 1. The molecule has 6 nitrogen and oxygen atoms in total. The van der Waals surface area contributed by atoms with Crippen LogP contribution in [0, 0.1) is 0 Å². The first-order valence-corrected chi connectivity index (χ1v) is 10.6. The predicted molar refractivity (Wildman–Crippen MR) is 122 cm³/mol. The van der Waals surface area contributed by atoms with Crippen LogP contribution in [0.2, 0.25) is 5.02 Å². The molecule has 2 aromatic carbocycles. The van der Waals surface area contributed by atoms with Gasteiger partial charge >= 0.3 is 5.97 Å². The smallest absolute Gasteiger partial charge is 0.339 e. The van der Waals surface area contributed by atoms with Gasteiger partial charge in [-0.2, -0.15) is 0 Å². The van der Waals surface area contributed by atoms with Crippen molar-refractivity contribution < 1.29 is 18.7 Å². The van der Waals surface area contributed by atoms with E-state index in [0.717, 1.165) is 5.69 Å². The molecular weight excluding hydrogens is 436 g/mol. The van der Waals surface area contributed by atoms with E-state index in [1.165, 1.54) is 11.8 Å². The molecule has 8 heteroatoms. The first-order valence-electron chi connectivity index (χ1n) is 9.45. The fourth-order valence-electron chi connectivity index (χ4n) is 2.86. The number of furan rings is 1. The summed E-state index contributed by atoms with van der Waals surface area (Å²) in [5, 5.41) is 3.56. The minimum atomic E-state index is -0.493. The van der Waals surface area contributed by atoms with E-state index in [0.29, 0.717) is 32.2 Å². The van der Waals surface area contributed by atoms with Crippen LogP contribution in [0.5, 0.6) is 0 Å². The number of carbonyl (C=O) groups is 2. The summed E-state index contributed by atoms with van der Waals surface area (Å²) in [6, 6.07) is 17.9. The molecule has 4 rings (SSSR count). The lowest BCUT2D eigenvalue weighted by atomic mass is 10.1. The Hall–Kier alpha value is -3.29. The molecule has 0 radical (unpaired) electrons. The van der Waals surface area contributed by atoms with Gasteiger partial charge in [0, 0.05) is 11.6 Å². The second kappa shape index (κ2) is 9.24. The van der Waals surface area contributed by atoms with E-state index >= 15 is 0 Å². The van der Waals surface area contributed by atoms with Gasteiger partial charge < -0.3 is 14.5 Å². The van der Waals surface area contributed by atoms with Crippen molar-refractivity contribution in [3.8, 4) is 11.3 Å². The number of hydrogen-bond donors (Lipinski definition) is 1. The van der Waals surface area contributed by atoms with Gasteiger partial charge in [-0.25, -0.2) is 9.79 Å². The van der Waals surface area contributed by atoms with E-state index in [4.69, 9.17) is 20.8 Å². The normalized spacial score (nSPS) is 16.0. The number of benzene rings is 2. The quantitative estimate of drug-likeness (QED) is 0.398. The zero-order valence-corrected chi connectivity index (χ0v) is 18.0. The fourth-order valence-corrected chi connectivity index (χ4v) is 3.88. The van der Waals surface area contributed by atoms with Gasteiger partial charge in [0.2, 0.25) is 0 Å². The van der Waals surface area contributed by atoms with E-state index in [1.54, 1.807) is 43.3 Å². The van der Waals surface area contributed by atoms with Gasteiger partial charge in [-0.15, -0.1) is 0 Å². The van der Waals surface area contributed by atoms with Gasteiger partial charge in [-0.3, -0.25) is 4.79 Å². The van der Waals surface area contributed by atoms with E-state index in [2.05, 4.69) is 10.3 Å². The van der Waals surface area contributed by atoms with Gasteiger partial charge in [-0.1, -0.05) is 29.8 Å². The van der Waals surface area contributed by atoms with E-state index in [9.17, 15) is 9.59 Å². The van der Waals surface area contributed by atoms with Gasteiger partial charge in [0.05, 0.1) is 27.8 Å². The maximum absolute atomic E-state index is 12.3. The van der Waals surface area contributed by atoms with Crippen LogP contribution >= 0.6 is 23.4 Å². The molecule has 0 atom stereocenters. The van der Waals surface area contributed by atoms with Gasteiger partial charge in [0.25, 0.3) is 5.91 Å². The highest BCUT2D eigenvalue weighted by molar-refractivity contribution is 8.18. The third-order valence-corrected chi connectivity index (χ3v) is 5.52. The zero-order chi connectivity index (χ0) is 21.8. The summed E-state index contributed by atoms with van der Waals surface area (Å²) < 4.78 is 10.9. The maximum atomic E-state index is 12.3. The maximum Gasteiger partial charge on any atom is 0.339 e. The van der Waals surface area contributed by atoms with Crippen LogP contribution in [0.4, 0.5) is 5.69 Å². The first kappa shape index (κ1) is 21.0. The Labute approximate surface area is 188 Å². The number of nitrogens with zero attached hydrogens (tertiary/aromatic N) is 1. The zero-order valence-electron chi connectivity index (χ0n) is 16.4. The van der Waals surface area contributed by atoms with Crippen molar-refractivity contribution in [3.63, 3.8) is 0 Å². The van der Waals surface area contributed by atoms with Crippen LogP contribution in [0.3, 0.4) is 0 Å². The number of aliphatic imine (C=N–C) groups is 1. The molecule has 1 amide bonds. The molecule has 0 unspecified atom stereocenters. The number of nitrogens with one attached hydrogen (secondary N) is 1. The van der Waals surface area contributed by atoms with Crippen molar-refractivity contribution >= 4 is 52.2 Å². The number of hydrogen-bond acceptors (Lipinski definition) is 6. The highest BCUT2D eigenvalue weighted by Crippen LogP contribution is 2.31. The average Bonchev–Trinajstić information content (AvgIpc) is 3.36. The second-order valence-corrected chi connectivity index (χ2v) is 7.87. The molecule has 1 saturated heterocycles. The number of ether oxygens (including phenoxy) is 1. The van der Waals surface area contributed by atoms with Crippen LogP contribution in [-0.2, 0) is 9.53 Å². The Morgan fingerprint density at radius 3 is 2.77 bits per heavy atom. The minimum Gasteiger partial charge on any atom is -0.462 e. The monoisotopic (exact) mass is 452 g/mol. The number of rotatable bonds is 5. The van der Waals surface area contributed by atoms with Gasteiger partial charge in [-0.05, 0) is 61.2 Å². The molecule has 3 aromatic rings. The molecule has 1 aromatic heterocycles.